The molecule has 0 spiro atoms. The Kier molecular flexibility index (Phi) is 5.62. The number of hydrogen-bond acceptors (Lipinski definition) is 3. The van der Waals surface area contributed by atoms with Gasteiger partial charge in [-0.15, -0.1) is 0 Å². The van der Waals surface area contributed by atoms with Gasteiger partial charge in [-0.2, -0.15) is 5.26 Å². The van der Waals surface area contributed by atoms with Crippen molar-refractivity contribution in [3.05, 3.63) is 76.0 Å². The molecule has 5 nitrogen and oxygen atoms in total. The lowest BCUT2D eigenvalue weighted by Crippen LogP contribution is -2.46. The number of carbonyl (C=O) groups is 1. The molecule has 1 atom stereocenters. The minimum atomic E-state index is -0.488. The zero-order valence-electron chi connectivity index (χ0n) is 16.0. The number of carbonyl (C=O) groups excluding carboxylic acids is 1. The lowest BCUT2D eigenvalue weighted by atomic mass is 9.84. The van der Waals surface area contributed by atoms with Crippen LogP contribution < -0.4 is 15.4 Å². The van der Waals surface area contributed by atoms with Gasteiger partial charge in [-0.05, 0) is 35.4 Å². The van der Waals surface area contributed by atoms with E-state index in [4.69, 9.17) is 16.3 Å². The van der Waals surface area contributed by atoms with Crippen LogP contribution in [0.4, 0.5) is 4.79 Å². The van der Waals surface area contributed by atoms with E-state index in [9.17, 15) is 10.1 Å². The Morgan fingerprint density at radius 1 is 1.11 bits per heavy atom. The summed E-state index contributed by atoms with van der Waals surface area (Å²) in [7, 11) is 0. The van der Waals surface area contributed by atoms with Gasteiger partial charge in [0.05, 0.1) is 17.7 Å². The van der Waals surface area contributed by atoms with E-state index in [1.54, 1.807) is 0 Å². The molecule has 0 unspecified atom stereocenters. The number of nitrogens with zero attached hydrogens (tertiary/aromatic N) is 1. The summed E-state index contributed by atoms with van der Waals surface area (Å²) in [6, 6.07) is 16.4. The van der Waals surface area contributed by atoms with Crippen LogP contribution in [0.2, 0.25) is 5.02 Å². The van der Waals surface area contributed by atoms with Crippen LogP contribution in [0.5, 0.6) is 5.75 Å². The summed E-state index contributed by atoms with van der Waals surface area (Å²) >= 11 is 5.89. The van der Waals surface area contributed by atoms with Gasteiger partial charge in [0.2, 0.25) is 0 Å². The number of ether oxygens (including phenoxy) is 1. The molecule has 28 heavy (non-hydrogen) atoms. The van der Waals surface area contributed by atoms with Crippen LogP contribution in [0.15, 0.2) is 59.8 Å². The standard InChI is InChI=1S/C22H22ClN3O2/c1-22(2,3)20-18(12-24)19(25-21(27)26-20)15-6-10-17(11-7-15)28-13-14-4-8-16(23)9-5-14/h4-11,19H,13H2,1-3H3,(H2,25,26,27)/t19-/m0/s1. The summed E-state index contributed by atoms with van der Waals surface area (Å²) < 4.78 is 5.80. The highest BCUT2D eigenvalue weighted by atomic mass is 35.5. The first-order valence-electron chi connectivity index (χ1n) is 8.97. The molecular weight excluding hydrogens is 374 g/mol. The van der Waals surface area contributed by atoms with E-state index >= 15 is 0 Å². The van der Waals surface area contributed by atoms with Crippen molar-refractivity contribution in [2.75, 3.05) is 0 Å². The van der Waals surface area contributed by atoms with Crippen LogP contribution >= 0.6 is 11.6 Å². The molecule has 1 aliphatic rings. The number of allylic oxidation sites excluding steroid dienone is 1. The Morgan fingerprint density at radius 3 is 2.32 bits per heavy atom. The highest BCUT2D eigenvalue weighted by Crippen LogP contribution is 2.34. The first-order valence-corrected chi connectivity index (χ1v) is 9.35. The summed E-state index contributed by atoms with van der Waals surface area (Å²) in [5, 5.41) is 16.0. The van der Waals surface area contributed by atoms with Gasteiger partial charge in [0, 0.05) is 16.1 Å². The lowest BCUT2D eigenvalue weighted by molar-refractivity contribution is 0.235. The second-order valence-electron chi connectivity index (χ2n) is 7.67. The van der Waals surface area contributed by atoms with Crippen LogP contribution in [0.3, 0.4) is 0 Å². The Labute approximate surface area is 170 Å². The molecule has 6 heteroatoms. The first kappa shape index (κ1) is 19.8. The summed E-state index contributed by atoms with van der Waals surface area (Å²) in [6.07, 6.45) is 0. The molecule has 0 aliphatic carbocycles. The zero-order chi connectivity index (χ0) is 20.3. The van der Waals surface area contributed by atoms with Gasteiger partial charge < -0.3 is 15.4 Å². The topological polar surface area (TPSA) is 74.1 Å². The average Bonchev–Trinajstić information content (AvgIpc) is 2.66. The fraction of sp³-hybridized carbons (Fsp3) is 0.273. The molecule has 0 fully saturated rings. The number of nitrogens with one attached hydrogen (secondary N) is 2. The molecule has 0 radical (unpaired) electrons. The van der Waals surface area contributed by atoms with Gasteiger partial charge in [-0.1, -0.05) is 56.6 Å². The number of hydrogen-bond donors (Lipinski definition) is 2. The fourth-order valence-corrected chi connectivity index (χ4v) is 3.16. The quantitative estimate of drug-likeness (QED) is 0.756. The van der Waals surface area contributed by atoms with Crippen molar-refractivity contribution in [2.45, 2.75) is 33.4 Å². The van der Waals surface area contributed by atoms with Crippen LogP contribution in [-0.2, 0) is 6.61 Å². The SMILES string of the molecule is CC(C)(C)C1=C(C#N)[C@H](c2ccc(OCc3ccc(Cl)cc3)cc2)NC(=O)N1. The molecule has 144 valence electrons. The number of nitriles is 1. The average molecular weight is 396 g/mol. The van der Waals surface area contributed by atoms with Crippen molar-refractivity contribution in [2.24, 2.45) is 5.41 Å². The van der Waals surface area contributed by atoms with E-state index in [-0.39, 0.29) is 11.4 Å². The third kappa shape index (κ3) is 4.47. The Morgan fingerprint density at radius 2 is 1.75 bits per heavy atom. The Balaban J connectivity index is 1.79. The van der Waals surface area contributed by atoms with Crippen LogP contribution in [0.25, 0.3) is 0 Å². The largest absolute Gasteiger partial charge is 0.489 e. The predicted octanol–water partition coefficient (Wildman–Crippen LogP) is 5.10. The molecule has 2 N–H and O–H groups in total. The van der Waals surface area contributed by atoms with Crippen LogP contribution in [0.1, 0.15) is 37.9 Å². The second-order valence-corrected chi connectivity index (χ2v) is 8.10. The second kappa shape index (κ2) is 7.95. The van der Waals surface area contributed by atoms with Crippen molar-refractivity contribution in [3.8, 4) is 11.8 Å². The lowest BCUT2D eigenvalue weighted by Gasteiger charge is -2.33. The van der Waals surface area contributed by atoms with Gasteiger partial charge in [0.25, 0.3) is 0 Å². The smallest absolute Gasteiger partial charge is 0.319 e. The van der Waals surface area contributed by atoms with E-state index in [2.05, 4.69) is 16.7 Å². The molecule has 0 saturated heterocycles. The van der Waals surface area contributed by atoms with E-state index in [1.165, 1.54) is 0 Å². The van der Waals surface area contributed by atoms with E-state index in [0.29, 0.717) is 28.6 Å². The van der Waals surface area contributed by atoms with E-state index in [0.717, 1.165) is 11.1 Å². The zero-order valence-corrected chi connectivity index (χ0v) is 16.8. The maximum absolute atomic E-state index is 12.1. The highest BCUT2D eigenvalue weighted by molar-refractivity contribution is 6.30. The number of urea groups is 1. The van der Waals surface area contributed by atoms with E-state index < -0.39 is 6.04 Å². The van der Waals surface area contributed by atoms with Gasteiger partial charge >= 0.3 is 6.03 Å². The predicted molar refractivity (Wildman–Crippen MR) is 109 cm³/mol. The minimum Gasteiger partial charge on any atom is -0.489 e. The van der Waals surface area contributed by atoms with Crippen molar-refractivity contribution in [1.82, 2.24) is 10.6 Å². The van der Waals surface area contributed by atoms with Gasteiger partial charge in [0.15, 0.2) is 0 Å². The van der Waals surface area contributed by atoms with Crippen molar-refractivity contribution in [1.29, 1.82) is 5.26 Å². The number of rotatable bonds is 4. The molecule has 0 saturated carbocycles. The third-order valence-electron chi connectivity index (χ3n) is 4.47. The summed E-state index contributed by atoms with van der Waals surface area (Å²) in [5.41, 5.74) is 2.66. The molecule has 2 amide bonds. The molecule has 2 aromatic carbocycles. The Hall–Kier alpha value is -2.97. The summed E-state index contributed by atoms with van der Waals surface area (Å²) in [5.74, 6) is 0.706. The monoisotopic (exact) mass is 395 g/mol. The maximum Gasteiger partial charge on any atom is 0.319 e. The maximum atomic E-state index is 12.1. The normalized spacial score (nSPS) is 16.8. The number of amides is 2. The minimum absolute atomic E-state index is 0.308. The van der Waals surface area contributed by atoms with Crippen molar-refractivity contribution >= 4 is 17.6 Å². The molecular formula is C22H22ClN3O2. The molecule has 0 aromatic heterocycles. The molecule has 1 heterocycles. The van der Waals surface area contributed by atoms with Crippen molar-refractivity contribution in [3.63, 3.8) is 0 Å². The third-order valence-corrected chi connectivity index (χ3v) is 4.73. The van der Waals surface area contributed by atoms with Crippen molar-refractivity contribution < 1.29 is 9.53 Å². The number of benzene rings is 2. The Bertz CT molecular complexity index is 936. The molecule has 1 aliphatic heterocycles. The van der Waals surface area contributed by atoms with Gasteiger partial charge in [-0.25, -0.2) is 4.79 Å². The summed E-state index contributed by atoms with van der Waals surface area (Å²) in [4.78, 5) is 12.1. The fourth-order valence-electron chi connectivity index (χ4n) is 3.03. The molecule has 0 bridgehead atoms. The number of halogens is 1. The highest BCUT2D eigenvalue weighted by Gasteiger charge is 2.33. The molecule has 2 aromatic rings. The van der Waals surface area contributed by atoms with Gasteiger partial charge in [-0.3, -0.25) is 0 Å². The van der Waals surface area contributed by atoms with E-state index in [1.807, 2.05) is 69.3 Å². The van der Waals surface area contributed by atoms with Crippen LogP contribution in [0, 0.1) is 16.7 Å². The van der Waals surface area contributed by atoms with Crippen LogP contribution in [-0.4, -0.2) is 6.03 Å². The first-order chi connectivity index (χ1) is 13.3. The summed E-state index contributed by atoms with van der Waals surface area (Å²) in [6.45, 7) is 6.33. The van der Waals surface area contributed by atoms with Gasteiger partial charge in [0.1, 0.15) is 12.4 Å². The molecule has 3 rings (SSSR count).